The molecule has 2 amide bonds. The third kappa shape index (κ3) is 3.88. The van der Waals surface area contributed by atoms with Gasteiger partial charge in [-0.25, -0.2) is 0 Å². The first-order valence-electron chi connectivity index (χ1n) is 7.38. The van der Waals surface area contributed by atoms with E-state index in [1.54, 1.807) is 4.90 Å². The number of piperazine rings is 1. The molecule has 0 bridgehead atoms. The standard InChI is InChI=1S/C14H24N2O2S/c1-2-19-9-8-16-10-12(17)15-13(14(16)18)11-6-4-3-5-7-11/h11,13H,2-10H2,1H3,(H,15,17). The highest BCUT2D eigenvalue weighted by Gasteiger charge is 2.37. The lowest BCUT2D eigenvalue weighted by atomic mass is 9.82. The number of carbonyl (C=O) groups excluding carboxylic acids is 2. The summed E-state index contributed by atoms with van der Waals surface area (Å²) < 4.78 is 0. The Morgan fingerprint density at radius 3 is 2.68 bits per heavy atom. The van der Waals surface area contributed by atoms with Gasteiger partial charge in [-0.1, -0.05) is 26.2 Å². The van der Waals surface area contributed by atoms with Gasteiger partial charge >= 0.3 is 0 Å². The highest BCUT2D eigenvalue weighted by atomic mass is 32.2. The predicted octanol–water partition coefficient (Wildman–Crippen LogP) is 1.65. The third-order valence-corrected chi connectivity index (χ3v) is 4.94. The Kier molecular flexibility index (Phi) is 5.55. The van der Waals surface area contributed by atoms with Crippen LogP contribution in [0.4, 0.5) is 0 Å². The van der Waals surface area contributed by atoms with Crippen LogP contribution < -0.4 is 5.32 Å². The fourth-order valence-corrected chi connectivity index (χ4v) is 3.66. The normalized spacial score (nSPS) is 25.5. The summed E-state index contributed by atoms with van der Waals surface area (Å²) in [5.41, 5.74) is 0. The van der Waals surface area contributed by atoms with Crippen molar-refractivity contribution in [2.24, 2.45) is 5.92 Å². The van der Waals surface area contributed by atoms with Crippen molar-refractivity contribution in [3.63, 3.8) is 0 Å². The number of nitrogens with one attached hydrogen (secondary N) is 1. The molecule has 0 radical (unpaired) electrons. The highest BCUT2D eigenvalue weighted by molar-refractivity contribution is 7.99. The minimum absolute atomic E-state index is 0.0108. The van der Waals surface area contributed by atoms with Crippen LogP contribution in [-0.4, -0.2) is 47.4 Å². The van der Waals surface area contributed by atoms with Gasteiger partial charge in [0.05, 0.1) is 6.54 Å². The molecule has 19 heavy (non-hydrogen) atoms. The fourth-order valence-electron chi connectivity index (χ4n) is 3.02. The van der Waals surface area contributed by atoms with Gasteiger partial charge in [-0.15, -0.1) is 0 Å². The molecule has 1 heterocycles. The second-order valence-electron chi connectivity index (χ2n) is 5.40. The number of thioether (sulfide) groups is 1. The number of amides is 2. The monoisotopic (exact) mass is 284 g/mol. The van der Waals surface area contributed by atoms with Crippen molar-refractivity contribution in [2.45, 2.75) is 45.1 Å². The molecule has 5 heteroatoms. The summed E-state index contributed by atoms with van der Waals surface area (Å²) in [6.07, 6.45) is 5.80. The van der Waals surface area contributed by atoms with Gasteiger partial charge in [0, 0.05) is 12.3 Å². The summed E-state index contributed by atoms with van der Waals surface area (Å²) in [5.74, 6) is 2.49. The molecule has 1 saturated heterocycles. The van der Waals surface area contributed by atoms with Crippen LogP contribution in [0.5, 0.6) is 0 Å². The van der Waals surface area contributed by atoms with Crippen molar-refractivity contribution in [3.05, 3.63) is 0 Å². The van der Waals surface area contributed by atoms with E-state index in [1.807, 2.05) is 11.8 Å². The van der Waals surface area contributed by atoms with E-state index in [0.717, 1.165) is 24.3 Å². The highest BCUT2D eigenvalue weighted by Crippen LogP contribution is 2.28. The molecule has 1 N–H and O–H groups in total. The van der Waals surface area contributed by atoms with Crippen LogP contribution in [0.1, 0.15) is 39.0 Å². The quantitative estimate of drug-likeness (QED) is 0.781. The minimum Gasteiger partial charge on any atom is -0.342 e. The first kappa shape index (κ1) is 14.7. The molecule has 1 atom stereocenters. The predicted molar refractivity (Wildman–Crippen MR) is 78.1 cm³/mol. The zero-order valence-corrected chi connectivity index (χ0v) is 12.5. The van der Waals surface area contributed by atoms with Crippen molar-refractivity contribution < 1.29 is 9.59 Å². The lowest BCUT2D eigenvalue weighted by Crippen LogP contribution is -2.61. The molecular formula is C14H24N2O2S. The van der Waals surface area contributed by atoms with Crippen LogP contribution in [0.2, 0.25) is 0 Å². The Morgan fingerprint density at radius 2 is 2.00 bits per heavy atom. The largest absolute Gasteiger partial charge is 0.342 e. The molecule has 2 aliphatic rings. The summed E-state index contributed by atoms with van der Waals surface area (Å²) in [5, 5.41) is 2.92. The van der Waals surface area contributed by atoms with E-state index in [2.05, 4.69) is 12.2 Å². The maximum absolute atomic E-state index is 12.5. The van der Waals surface area contributed by atoms with Crippen LogP contribution in [-0.2, 0) is 9.59 Å². The third-order valence-electron chi connectivity index (χ3n) is 4.06. The van der Waals surface area contributed by atoms with Crippen molar-refractivity contribution in [1.29, 1.82) is 0 Å². The molecule has 0 aromatic rings. The molecule has 1 unspecified atom stereocenters. The second kappa shape index (κ2) is 7.17. The molecule has 1 saturated carbocycles. The van der Waals surface area contributed by atoms with Gasteiger partial charge in [-0.05, 0) is 24.5 Å². The molecule has 108 valence electrons. The Morgan fingerprint density at radius 1 is 1.26 bits per heavy atom. The van der Waals surface area contributed by atoms with E-state index in [9.17, 15) is 9.59 Å². The Balaban J connectivity index is 1.94. The molecule has 2 rings (SSSR count). The summed E-state index contributed by atoms with van der Waals surface area (Å²) in [6.45, 7) is 3.06. The molecule has 2 fully saturated rings. The molecule has 0 aromatic heterocycles. The number of rotatable bonds is 5. The maximum Gasteiger partial charge on any atom is 0.245 e. The zero-order valence-electron chi connectivity index (χ0n) is 11.7. The zero-order chi connectivity index (χ0) is 13.7. The number of hydrogen-bond donors (Lipinski definition) is 1. The average molecular weight is 284 g/mol. The van der Waals surface area contributed by atoms with Gasteiger partial charge < -0.3 is 10.2 Å². The first-order chi connectivity index (χ1) is 9.22. The summed E-state index contributed by atoms with van der Waals surface area (Å²) in [4.78, 5) is 26.0. The van der Waals surface area contributed by atoms with E-state index < -0.39 is 0 Å². The van der Waals surface area contributed by atoms with Crippen LogP contribution in [0.25, 0.3) is 0 Å². The summed E-state index contributed by atoms with van der Waals surface area (Å²) in [7, 11) is 0. The lowest BCUT2D eigenvalue weighted by Gasteiger charge is -2.37. The Bertz CT molecular complexity index is 329. The molecule has 0 spiro atoms. The fraction of sp³-hybridized carbons (Fsp3) is 0.857. The van der Waals surface area contributed by atoms with Crippen molar-refractivity contribution in [2.75, 3.05) is 24.6 Å². The van der Waals surface area contributed by atoms with E-state index >= 15 is 0 Å². The number of carbonyl (C=O) groups is 2. The number of hydrogen-bond acceptors (Lipinski definition) is 3. The van der Waals surface area contributed by atoms with Gasteiger partial charge in [-0.3, -0.25) is 9.59 Å². The minimum atomic E-state index is -0.256. The molecule has 1 aliphatic heterocycles. The van der Waals surface area contributed by atoms with Crippen LogP contribution in [0.3, 0.4) is 0 Å². The van der Waals surface area contributed by atoms with Crippen molar-refractivity contribution >= 4 is 23.6 Å². The van der Waals surface area contributed by atoms with E-state index in [4.69, 9.17) is 0 Å². The SMILES string of the molecule is CCSCCN1CC(=O)NC(C2CCCCC2)C1=O. The molecule has 4 nitrogen and oxygen atoms in total. The smallest absolute Gasteiger partial charge is 0.245 e. The van der Waals surface area contributed by atoms with Gasteiger partial charge in [0.1, 0.15) is 6.04 Å². The first-order valence-corrected chi connectivity index (χ1v) is 8.53. The Hall–Kier alpha value is -0.710. The second-order valence-corrected chi connectivity index (χ2v) is 6.79. The van der Waals surface area contributed by atoms with Gasteiger partial charge in [0.2, 0.25) is 11.8 Å². The lowest BCUT2D eigenvalue weighted by molar-refractivity contribution is -0.146. The average Bonchev–Trinajstić information content (AvgIpc) is 2.43. The molecule has 1 aliphatic carbocycles. The van der Waals surface area contributed by atoms with E-state index in [1.165, 1.54) is 19.3 Å². The Labute approximate surface area is 119 Å². The van der Waals surface area contributed by atoms with Gasteiger partial charge in [-0.2, -0.15) is 11.8 Å². The molecular weight excluding hydrogens is 260 g/mol. The number of nitrogens with zero attached hydrogens (tertiary/aromatic N) is 1. The van der Waals surface area contributed by atoms with E-state index in [0.29, 0.717) is 12.5 Å². The maximum atomic E-state index is 12.5. The van der Waals surface area contributed by atoms with Gasteiger partial charge in [0.25, 0.3) is 0 Å². The summed E-state index contributed by atoms with van der Waals surface area (Å²) >= 11 is 1.82. The van der Waals surface area contributed by atoms with Gasteiger partial charge in [0.15, 0.2) is 0 Å². The van der Waals surface area contributed by atoms with Crippen molar-refractivity contribution in [3.8, 4) is 0 Å². The summed E-state index contributed by atoms with van der Waals surface area (Å²) in [6, 6.07) is -0.256. The molecule has 0 aromatic carbocycles. The van der Waals surface area contributed by atoms with E-state index in [-0.39, 0.29) is 24.4 Å². The van der Waals surface area contributed by atoms with Crippen LogP contribution in [0.15, 0.2) is 0 Å². The van der Waals surface area contributed by atoms with Crippen LogP contribution in [0, 0.1) is 5.92 Å². The van der Waals surface area contributed by atoms with Crippen molar-refractivity contribution in [1.82, 2.24) is 10.2 Å². The topological polar surface area (TPSA) is 49.4 Å². The van der Waals surface area contributed by atoms with Crippen LogP contribution >= 0.6 is 11.8 Å².